The minimum atomic E-state index is -1.04. The van der Waals surface area contributed by atoms with Gasteiger partial charge in [-0.1, -0.05) is 0 Å². The zero-order valence-corrected chi connectivity index (χ0v) is 15.3. The first-order valence-corrected chi connectivity index (χ1v) is 9.27. The third-order valence-electron chi connectivity index (χ3n) is 5.23. The highest BCUT2D eigenvalue weighted by atomic mass is 16.6. The highest BCUT2D eigenvalue weighted by Crippen LogP contribution is 2.38. The molecule has 5 rings (SSSR count). The summed E-state index contributed by atoms with van der Waals surface area (Å²) in [6, 6.07) is 3.67. The first-order chi connectivity index (χ1) is 13.6. The van der Waals surface area contributed by atoms with E-state index in [0.29, 0.717) is 42.5 Å². The first kappa shape index (κ1) is 16.9. The first-order valence-electron chi connectivity index (χ1n) is 9.27. The molecule has 3 aromatic rings. The number of carbonyl (C=O) groups is 1. The number of carboxylic acids is 1. The van der Waals surface area contributed by atoms with Gasteiger partial charge in [-0.15, -0.1) is 0 Å². The van der Waals surface area contributed by atoms with Crippen LogP contribution in [-0.2, 0) is 19.4 Å². The van der Waals surface area contributed by atoms with Gasteiger partial charge in [0, 0.05) is 42.9 Å². The molecule has 1 aliphatic carbocycles. The highest BCUT2D eigenvalue weighted by Gasteiger charge is 2.30. The third kappa shape index (κ3) is 2.72. The molecule has 2 aliphatic rings. The Labute approximate surface area is 160 Å². The van der Waals surface area contributed by atoms with Crippen molar-refractivity contribution in [2.75, 3.05) is 6.61 Å². The fourth-order valence-corrected chi connectivity index (χ4v) is 3.86. The zero-order valence-electron chi connectivity index (χ0n) is 15.3. The standard InChI is InChI=1S/C20H19N3O5/c1-11-16-14(28-18(11)20(24)25)5-4-12-9-23(22-17(12)16)8-6-13-10-26-19-15(27-13)3-2-7-21-19/h2-3,7,9,13H,4-6,8,10H2,1H3,(H,24,25). The second-order valence-corrected chi connectivity index (χ2v) is 7.07. The Balaban J connectivity index is 1.34. The summed E-state index contributed by atoms with van der Waals surface area (Å²) in [6.07, 6.45) is 5.86. The van der Waals surface area contributed by atoms with Crippen molar-refractivity contribution in [2.45, 2.75) is 38.8 Å². The quantitative estimate of drug-likeness (QED) is 0.742. The van der Waals surface area contributed by atoms with Crippen LogP contribution in [0, 0.1) is 6.92 Å². The largest absolute Gasteiger partial charge is 0.481 e. The van der Waals surface area contributed by atoms with E-state index in [4.69, 9.17) is 19.0 Å². The van der Waals surface area contributed by atoms with Gasteiger partial charge in [0.1, 0.15) is 18.5 Å². The third-order valence-corrected chi connectivity index (χ3v) is 5.23. The topological polar surface area (TPSA) is 99.6 Å². The van der Waals surface area contributed by atoms with E-state index >= 15 is 0 Å². The van der Waals surface area contributed by atoms with Gasteiger partial charge in [0.25, 0.3) is 5.88 Å². The molecule has 1 aliphatic heterocycles. The molecule has 0 saturated heterocycles. The van der Waals surface area contributed by atoms with Gasteiger partial charge in [0.2, 0.25) is 5.76 Å². The number of aryl methyl sites for hydroxylation is 3. The maximum absolute atomic E-state index is 11.4. The predicted molar refractivity (Wildman–Crippen MR) is 97.8 cm³/mol. The molecular weight excluding hydrogens is 362 g/mol. The van der Waals surface area contributed by atoms with Crippen molar-refractivity contribution in [3.63, 3.8) is 0 Å². The Hall–Kier alpha value is -3.29. The summed E-state index contributed by atoms with van der Waals surface area (Å²) in [6.45, 7) is 2.91. The van der Waals surface area contributed by atoms with E-state index in [9.17, 15) is 9.90 Å². The average molecular weight is 381 g/mol. The van der Waals surface area contributed by atoms with Crippen LogP contribution in [0.2, 0.25) is 0 Å². The molecule has 3 aromatic heterocycles. The molecule has 1 atom stereocenters. The van der Waals surface area contributed by atoms with Gasteiger partial charge < -0.3 is 19.0 Å². The molecule has 8 heteroatoms. The Bertz CT molecular complexity index is 1070. The molecule has 4 heterocycles. The van der Waals surface area contributed by atoms with Crippen molar-refractivity contribution in [1.82, 2.24) is 14.8 Å². The van der Waals surface area contributed by atoms with E-state index in [1.165, 1.54) is 0 Å². The molecule has 1 N–H and O–H groups in total. The molecule has 0 saturated carbocycles. The van der Waals surface area contributed by atoms with Crippen LogP contribution in [0.3, 0.4) is 0 Å². The Morgan fingerprint density at radius 3 is 3.14 bits per heavy atom. The summed E-state index contributed by atoms with van der Waals surface area (Å²) in [5.41, 5.74) is 3.41. The van der Waals surface area contributed by atoms with Crippen LogP contribution >= 0.6 is 0 Å². The Kier molecular flexibility index (Phi) is 3.85. The van der Waals surface area contributed by atoms with E-state index in [2.05, 4.69) is 4.98 Å². The molecule has 144 valence electrons. The number of pyridine rings is 1. The van der Waals surface area contributed by atoms with Gasteiger partial charge in [0.15, 0.2) is 5.75 Å². The Morgan fingerprint density at radius 1 is 1.39 bits per heavy atom. The molecule has 1 unspecified atom stereocenters. The molecule has 0 radical (unpaired) electrons. The van der Waals surface area contributed by atoms with Crippen LogP contribution in [0.4, 0.5) is 0 Å². The molecule has 0 fully saturated rings. The molecule has 0 aromatic carbocycles. The van der Waals surface area contributed by atoms with E-state index in [-0.39, 0.29) is 11.9 Å². The maximum Gasteiger partial charge on any atom is 0.372 e. The average Bonchev–Trinajstić information content (AvgIpc) is 3.26. The number of aromatic carboxylic acids is 1. The lowest BCUT2D eigenvalue weighted by atomic mass is 9.94. The van der Waals surface area contributed by atoms with Gasteiger partial charge in [-0.3, -0.25) is 4.68 Å². The van der Waals surface area contributed by atoms with Crippen molar-refractivity contribution in [1.29, 1.82) is 0 Å². The normalized spacial score (nSPS) is 17.1. The van der Waals surface area contributed by atoms with Crippen LogP contribution in [0.25, 0.3) is 11.3 Å². The second-order valence-electron chi connectivity index (χ2n) is 7.07. The molecular formula is C20H19N3O5. The number of hydrogen-bond donors (Lipinski definition) is 1. The number of aromatic nitrogens is 3. The van der Waals surface area contributed by atoms with Crippen molar-refractivity contribution in [2.24, 2.45) is 0 Å². The number of furan rings is 1. The summed E-state index contributed by atoms with van der Waals surface area (Å²) in [7, 11) is 0. The molecule has 0 bridgehead atoms. The van der Waals surface area contributed by atoms with Gasteiger partial charge in [-0.05, 0) is 31.0 Å². The van der Waals surface area contributed by atoms with Crippen molar-refractivity contribution in [3.05, 3.63) is 47.2 Å². The van der Waals surface area contributed by atoms with Gasteiger partial charge >= 0.3 is 5.97 Å². The maximum atomic E-state index is 11.4. The van der Waals surface area contributed by atoms with Crippen LogP contribution in [-0.4, -0.2) is 38.6 Å². The number of carboxylic acid groups (broad SMARTS) is 1. The van der Waals surface area contributed by atoms with Gasteiger partial charge in [0.05, 0.1) is 5.69 Å². The molecule has 28 heavy (non-hydrogen) atoms. The van der Waals surface area contributed by atoms with Crippen molar-refractivity contribution < 1.29 is 23.8 Å². The monoisotopic (exact) mass is 381 g/mol. The van der Waals surface area contributed by atoms with Crippen LogP contribution in [0.5, 0.6) is 11.6 Å². The minimum absolute atomic E-state index is 0.00688. The summed E-state index contributed by atoms with van der Waals surface area (Å²) < 4.78 is 19.1. The number of rotatable bonds is 4. The molecule has 0 amide bonds. The summed E-state index contributed by atoms with van der Waals surface area (Å²) in [5, 5.41) is 14.0. The summed E-state index contributed by atoms with van der Waals surface area (Å²) >= 11 is 0. The number of ether oxygens (including phenoxy) is 2. The lowest BCUT2D eigenvalue weighted by Gasteiger charge is -2.25. The predicted octanol–water partition coefficient (Wildman–Crippen LogP) is 2.87. The second kappa shape index (κ2) is 6.40. The molecule has 0 spiro atoms. The van der Waals surface area contributed by atoms with Crippen LogP contribution < -0.4 is 9.47 Å². The van der Waals surface area contributed by atoms with E-state index in [1.807, 2.05) is 23.0 Å². The number of hydrogen-bond acceptors (Lipinski definition) is 6. The fourth-order valence-electron chi connectivity index (χ4n) is 3.86. The van der Waals surface area contributed by atoms with E-state index in [0.717, 1.165) is 29.7 Å². The van der Waals surface area contributed by atoms with Gasteiger partial charge in [-0.2, -0.15) is 5.10 Å². The smallest absolute Gasteiger partial charge is 0.372 e. The zero-order chi connectivity index (χ0) is 19.3. The summed E-state index contributed by atoms with van der Waals surface area (Å²) in [5.74, 6) is 0.870. The van der Waals surface area contributed by atoms with Crippen LogP contribution in [0.15, 0.2) is 28.9 Å². The number of fused-ring (bicyclic) bond motifs is 4. The minimum Gasteiger partial charge on any atom is -0.481 e. The summed E-state index contributed by atoms with van der Waals surface area (Å²) in [4.78, 5) is 15.5. The van der Waals surface area contributed by atoms with Gasteiger partial charge in [-0.25, -0.2) is 9.78 Å². The fraction of sp³-hybridized carbons (Fsp3) is 0.350. The van der Waals surface area contributed by atoms with E-state index in [1.54, 1.807) is 13.1 Å². The van der Waals surface area contributed by atoms with Crippen molar-refractivity contribution in [3.8, 4) is 22.9 Å². The Morgan fingerprint density at radius 2 is 2.29 bits per heavy atom. The lowest BCUT2D eigenvalue weighted by Crippen LogP contribution is -2.30. The van der Waals surface area contributed by atoms with E-state index < -0.39 is 5.97 Å². The lowest BCUT2D eigenvalue weighted by molar-refractivity contribution is 0.0659. The number of nitrogens with zero attached hydrogens (tertiary/aromatic N) is 3. The SMILES string of the molecule is Cc1c(C(=O)O)oc2c1-c1nn(CCC3COc4ncccc4O3)cc1CC2. The van der Waals surface area contributed by atoms with Crippen LogP contribution in [0.1, 0.15) is 33.9 Å². The molecule has 8 nitrogen and oxygen atoms in total. The van der Waals surface area contributed by atoms with Crippen molar-refractivity contribution >= 4 is 5.97 Å². The highest BCUT2D eigenvalue weighted by molar-refractivity contribution is 5.90.